The highest BCUT2D eigenvalue weighted by molar-refractivity contribution is 5.97. The normalized spacial score (nSPS) is 10.5. The van der Waals surface area contributed by atoms with Crippen LogP contribution in [0.15, 0.2) is 29.0 Å². The third-order valence-corrected chi connectivity index (χ3v) is 2.57. The molecule has 0 unspecified atom stereocenters. The Labute approximate surface area is 99.0 Å². The highest BCUT2D eigenvalue weighted by Crippen LogP contribution is 2.19. The molecule has 5 nitrogen and oxygen atoms in total. The molecule has 0 aliphatic carbocycles. The van der Waals surface area contributed by atoms with Crippen LogP contribution in [0.1, 0.15) is 22.7 Å². The van der Waals surface area contributed by atoms with Gasteiger partial charge in [-0.15, -0.1) is 0 Å². The molecule has 0 atom stereocenters. The van der Waals surface area contributed by atoms with Crippen molar-refractivity contribution in [2.24, 2.45) is 7.05 Å². The van der Waals surface area contributed by atoms with Gasteiger partial charge >= 0.3 is 0 Å². The van der Waals surface area contributed by atoms with Gasteiger partial charge in [0, 0.05) is 19.9 Å². The first-order valence-electron chi connectivity index (χ1n) is 5.34. The molecule has 2 aromatic rings. The van der Waals surface area contributed by atoms with Gasteiger partial charge in [0.2, 0.25) is 0 Å². The maximum Gasteiger partial charge on any atom is 0.185 e. The first kappa shape index (κ1) is 11.4. The van der Waals surface area contributed by atoms with E-state index in [4.69, 9.17) is 9.15 Å². The van der Waals surface area contributed by atoms with Gasteiger partial charge in [-0.25, -0.2) is 0 Å². The van der Waals surface area contributed by atoms with Crippen LogP contribution in [0.4, 0.5) is 0 Å². The van der Waals surface area contributed by atoms with Crippen LogP contribution in [-0.2, 0) is 13.5 Å². The molecule has 0 saturated heterocycles. The van der Waals surface area contributed by atoms with Gasteiger partial charge in [0.1, 0.15) is 11.5 Å². The number of nitrogens with zero attached hydrogens (tertiary/aromatic N) is 2. The molecule has 2 heterocycles. The van der Waals surface area contributed by atoms with Crippen LogP contribution >= 0.6 is 0 Å². The lowest BCUT2D eigenvalue weighted by Gasteiger charge is -2.03. The highest BCUT2D eigenvalue weighted by Gasteiger charge is 2.17. The molecule has 0 aromatic carbocycles. The smallest absolute Gasteiger partial charge is 0.185 e. The zero-order valence-corrected chi connectivity index (χ0v) is 9.84. The second-order valence-corrected chi connectivity index (χ2v) is 3.69. The topological polar surface area (TPSA) is 57.3 Å². The quantitative estimate of drug-likeness (QED) is 0.741. The van der Waals surface area contributed by atoms with Crippen molar-refractivity contribution in [2.75, 3.05) is 7.11 Å². The van der Waals surface area contributed by atoms with E-state index in [0.717, 1.165) is 5.76 Å². The molecule has 0 aliphatic heterocycles. The number of Topliss-reactive ketones (excluding diaryl/α,β-unsaturated/α-hetero) is 1. The summed E-state index contributed by atoms with van der Waals surface area (Å²) in [6.45, 7) is 0. The van der Waals surface area contributed by atoms with E-state index in [1.165, 1.54) is 11.8 Å². The lowest BCUT2D eigenvalue weighted by atomic mass is 10.1. The Balaban J connectivity index is 2.06. The fourth-order valence-corrected chi connectivity index (χ4v) is 1.69. The lowest BCUT2D eigenvalue weighted by molar-refractivity contribution is 0.0968. The van der Waals surface area contributed by atoms with Crippen LogP contribution in [0.3, 0.4) is 0 Å². The molecule has 0 spiro atoms. The number of carbonyl (C=O) groups excluding carboxylic acids is 1. The standard InChI is InChI=1S/C12H14N2O3/c1-14-12(11(16-2)8-13-14)10(15)6-5-9-4-3-7-17-9/h3-4,7-8H,5-6H2,1-2H3. The molecule has 2 aromatic heterocycles. The van der Waals surface area contributed by atoms with E-state index in [9.17, 15) is 4.79 Å². The SMILES string of the molecule is COc1cnn(C)c1C(=O)CCc1ccco1. The fourth-order valence-electron chi connectivity index (χ4n) is 1.69. The third-order valence-electron chi connectivity index (χ3n) is 2.57. The van der Waals surface area contributed by atoms with Crippen LogP contribution in [0, 0.1) is 0 Å². The van der Waals surface area contributed by atoms with E-state index in [0.29, 0.717) is 24.3 Å². The van der Waals surface area contributed by atoms with Gasteiger partial charge in [-0.2, -0.15) is 5.10 Å². The molecule has 0 N–H and O–H groups in total. The summed E-state index contributed by atoms with van der Waals surface area (Å²) in [7, 11) is 3.25. The van der Waals surface area contributed by atoms with E-state index >= 15 is 0 Å². The Morgan fingerprint density at radius 3 is 3.06 bits per heavy atom. The number of aromatic nitrogens is 2. The van der Waals surface area contributed by atoms with Crippen LogP contribution in [0.5, 0.6) is 5.75 Å². The molecular formula is C12H14N2O3. The van der Waals surface area contributed by atoms with E-state index in [-0.39, 0.29) is 5.78 Å². The first-order valence-corrected chi connectivity index (χ1v) is 5.34. The number of ketones is 1. The van der Waals surface area contributed by atoms with Gasteiger partial charge in [0.15, 0.2) is 11.5 Å². The zero-order valence-electron chi connectivity index (χ0n) is 9.84. The molecule has 0 amide bonds. The van der Waals surface area contributed by atoms with Gasteiger partial charge in [0.05, 0.1) is 19.6 Å². The summed E-state index contributed by atoms with van der Waals surface area (Å²) >= 11 is 0. The summed E-state index contributed by atoms with van der Waals surface area (Å²) in [6.07, 6.45) is 4.11. The predicted octanol–water partition coefficient (Wildman–Crippen LogP) is 1.84. The lowest BCUT2D eigenvalue weighted by Crippen LogP contribution is -2.09. The minimum Gasteiger partial charge on any atom is -0.493 e. The number of ether oxygens (including phenoxy) is 1. The number of hydrogen-bond acceptors (Lipinski definition) is 4. The Morgan fingerprint density at radius 1 is 1.59 bits per heavy atom. The minimum atomic E-state index is -0.00162. The predicted molar refractivity (Wildman–Crippen MR) is 61.1 cm³/mol. The van der Waals surface area contributed by atoms with Crippen molar-refractivity contribution >= 4 is 5.78 Å². The molecule has 0 fully saturated rings. The highest BCUT2D eigenvalue weighted by atomic mass is 16.5. The number of aryl methyl sites for hydroxylation is 2. The number of carbonyl (C=O) groups is 1. The average molecular weight is 234 g/mol. The van der Waals surface area contributed by atoms with E-state index in [1.807, 2.05) is 12.1 Å². The van der Waals surface area contributed by atoms with Gasteiger partial charge in [-0.1, -0.05) is 0 Å². The van der Waals surface area contributed by atoms with Crippen molar-refractivity contribution in [2.45, 2.75) is 12.8 Å². The molecule has 5 heteroatoms. The summed E-state index contributed by atoms with van der Waals surface area (Å²) in [5, 5.41) is 4.00. The monoisotopic (exact) mass is 234 g/mol. The molecule has 17 heavy (non-hydrogen) atoms. The molecular weight excluding hydrogens is 220 g/mol. The summed E-state index contributed by atoms with van der Waals surface area (Å²) < 4.78 is 11.8. The molecule has 90 valence electrons. The number of furan rings is 1. The van der Waals surface area contributed by atoms with E-state index in [1.54, 1.807) is 19.5 Å². The van der Waals surface area contributed by atoms with Gasteiger partial charge < -0.3 is 9.15 Å². The molecule has 0 bridgehead atoms. The Morgan fingerprint density at radius 2 is 2.41 bits per heavy atom. The summed E-state index contributed by atoms with van der Waals surface area (Å²) in [5.41, 5.74) is 0.499. The second-order valence-electron chi connectivity index (χ2n) is 3.69. The maximum atomic E-state index is 12.0. The summed E-state index contributed by atoms with van der Waals surface area (Å²) in [4.78, 5) is 12.0. The third kappa shape index (κ3) is 2.38. The van der Waals surface area contributed by atoms with E-state index < -0.39 is 0 Å². The van der Waals surface area contributed by atoms with Gasteiger partial charge in [-0.05, 0) is 12.1 Å². The Bertz CT molecular complexity index is 500. The molecule has 0 aliphatic rings. The number of hydrogen-bond donors (Lipinski definition) is 0. The van der Waals surface area contributed by atoms with Crippen LogP contribution in [0.25, 0.3) is 0 Å². The molecule has 0 radical (unpaired) electrons. The largest absolute Gasteiger partial charge is 0.493 e. The van der Waals surface area contributed by atoms with Crippen molar-refractivity contribution in [3.05, 3.63) is 36.0 Å². The van der Waals surface area contributed by atoms with Crippen molar-refractivity contribution in [3.63, 3.8) is 0 Å². The minimum absolute atomic E-state index is 0.00162. The van der Waals surface area contributed by atoms with Crippen LogP contribution in [-0.4, -0.2) is 22.7 Å². The molecule has 0 saturated carbocycles. The van der Waals surface area contributed by atoms with Crippen LogP contribution in [0.2, 0.25) is 0 Å². The van der Waals surface area contributed by atoms with Crippen molar-refractivity contribution in [1.82, 2.24) is 9.78 Å². The second kappa shape index (κ2) is 4.86. The van der Waals surface area contributed by atoms with Gasteiger partial charge in [-0.3, -0.25) is 9.48 Å². The van der Waals surface area contributed by atoms with Crippen LogP contribution < -0.4 is 4.74 Å². The summed E-state index contributed by atoms with van der Waals surface area (Å²) in [6, 6.07) is 3.66. The number of rotatable bonds is 5. The fraction of sp³-hybridized carbons (Fsp3) is 0.333. The maximum absolute atomic E-state index is 12.0. The first-order chi connectivity index (χ1) is 8.22. The van der Waals surface area contributed by atoms with Crippen molar-refractivity contribution < 1.29 is 13.9 Å². The van der Waals surface area contributed by atoms with E-state index in [2.05, 4.69) is 5.10 Å². The number of methoxy groups -OCH3 is 1. The zero-order chi connectivity index (χ0) is 12.3. The molecule has 2 rings (SSSR count). The van der Waals surface area contributed by atoms with Crippen molar-refractivity contribution in [3.8, 4) is 5.75 Å². The van der Waals surface area contributed by atoms with Gasteiger partial charge in [0.25, 0.3) is 0 Å². The van der Waals surface area contributed by atoms with Crippen molar-refractivity contribution in [1.29, 1.82) is 0 Å². The Kier molecular flexibility index (Phi) is 3.27. The summed E-state index contributed by atoms with van der Waals surface area (Å²) in [5.74, 6) is 1.31. The Hall–Kier alpha value is -2.04. The average Bonchev–Trinajstić information content (AvgIpc) is 2.94.